The minimum Gasteiger partial charge on any atom is -0.354 e. The summed E-state index contributed by atoms with van der Waals surface area (Å²) < 4.78 is 60.6. The van der Waals surface area contributed by atoms with E-state index < -0.39 is 28.0 Å². The number of carbonyl (C=O) groups is 1. The lowest BCUT2D eigenvalue weighted by Gasteiger charge is -2.09. The molecule has 154 valence electrons. The van der Waals surface area contributed by atoms with Gasteiger partial charge in [0, 0.05) is 13.1 Å². The Balaban J connectivity index is 1.57. The molecule has 0 aliphatic carbocycles. The van der Waals surface area contributed by atoms with E-state index >= 15 is 0 Å². The average Bonchev–Trinajstić information content (AvgIpc) is 3.06. The second kappa shape index (κ2) is 8.47. The number of amides is 1. The lowest BCUT2D eigenvalue weighted by atomic mass is 10.1. The van der Waals surface area contributed by atoms with E-state index in [1.54, 1.807) is 0 Å². The smallest absolute Gasteiger partial charge is 0.354 e. The maximum atomic E-state index is 12.2. The summed E-state index contributed by atoms with van der Waals surface area (Å²) in [5.41, 5.74) is -2.55. The summed E-state index contributed by atoms with van der Waals surface area (Å²) in [6.07, 6.45) is -0.0496. The van der Waals surface area contributed by atoms with Gasteiger partial charge in [-0.1, -0.05) is 36.4 Å². The molecule has 2 aromatic carbocycles. The molecule has 0 spiro atoms. The molecule has 6 nitrogen and oxygen atoms in total. The summed E-state index contributed by atoms with van der Waals surface area (Å²) in [4.78, 5) is 16.3. The summed E-state index contributed by atoms with van der Waals surface area (Å²) in [5, 5.41) is 2.92. The van der Waals surface area contributed by atoms with Crippen LogP contribution in [-0.2, 0) is 21.2 Å². The van der Waals surface area contributed by atoms with E-state index in [0.29, 0.717) is 5.01 Å². The van der Waals surface area contributed by atoms with Gasteiger partial charge in [0.1, 0.15) is 5.01 Å². The molecule has 0 saturated heterocycles. The van der Waals surface area contributed by atoms with Crippen molar-refractivity contribution >= 4 is 37.5 Å². The largest absolute Gasteiger partial charge is 0.511 e. The second-order valence-electron chi connectivity index (χ2n) is 6.03. The molecule has 29 heavy (non-hydrogen) atoms. The maximum Gasteiger partial charge on any atom is 0.511 e. The van der Waals surface area contributed by atoms with E-state index in [2.05, 4.69) is 10.3 Å². The van der Waals surface area contributed by atoms with E-state index in [1.165, 1.54) is 16.1 Å². The van der Waals surface area contributed by atoms with Gasteiger partial charge in [0.25, 0.3) is 0 Å². The van der Waals surface area contributed by atoms with Crippen molar-refractivity contribution in [3.8, 4) is 11.1 Å². The third-order valence-electron chi connectivity index (χ3n) is 3.90. The van der Waals surface area contributed by atoms with Crippen molar-refractivity contribution in [3.63, 3.8) is 0 Å². The Morgan fingerprint density at radius 3 is 2.45 bits per heavy atom. The van der Waals surface area contributed by atoms with Crippen LogP contribution in [0.25, 0.3) is 21.3 Å². The molecule has 0 aliphatic heterocycles. The molecule has 2 N–H and O–H groups in total. The van der Waals surface area contributed by atoms with Crippen LogP contribution in [0.5, 0.6) is 0 Å². The van der Waals surface area contributed by atoms with Crippen molar-refractivity contribution in [2.45, 2.75) is 11.9 Å². The zero-order valence-corrected chi connectivity index (χ0v) is 16.5. The third kappa shape index (κ3) is 5.31. The summed E-state index contributed by atoms with van der Waals surface area (Å²) >= 11 is 1.35. The number of nitrogens with zero attached hydrogens (tertiary/aromatic N) is 1. The topological polar surface area (TPSA) is 88.2 Å². The van der Waals surface area contributed by atoms with Gasteiger partial charge in [-0.25, -0.2) is 18.1 Å². The highest BCUT2D eigenvalue weighted by Gasteiger charge is 2.45. The number of benzene rings is 2. The molecule has 0 unspecified atom stereocenters. The first-order valence-corrected chi connectivity index (χ1v) is 10.7. The zero-order chi connectivity index (χ0) is 21.1. The van der Waals surface area contributed by atoms with E-state index in [0.717, 1.165) is 21.3 Å². The van der Waals surface area contributed by atoms with Crippen LogP contribution < -0.4 is 10.0 Å². The predicted octanol–water partition coefficient (Wildman–Crippen LogP) is 3.06. The number of sulfonamides is 1. The van der Waals surface area contributed by atoms with E-state index in [-0.39, 0.29) is 13.0 Å². The van der Waals surface area contributed by atoms with E-state index in [4.69, 9.17) is 0 Å². The number of carbonyl (C=O) groups excluding carboxylic acids is 1. The first kappa shape index (κ1) is 21.2. The van der Waals surface area contributed by atoms with Crippen LogP contribution in [0, 0.1) is 0 Å². The van der Waals surface area contributed by atoms with Gasteiger partial charge < -0.3 is 5.32 Å². The van der Waals surface area contributed by atoms with Gasteiger partial charge in [-0.2, -0.15) is 13.2 Å². The molecule has 0 bridgehead atoms. The number of hydrogen-bond donors (Lipinski definition) is 2. The van der Waals surface area contributed by atoms with Gasteiger partial charge >= 0.3 is 15.5 Å². The van der Waals surface area contributed by atoms with E-state index in [9.17, 15) is 26.4 Å². The van der Waals surface area contributed by atoms with Gasteiger partial charge in [0.05, 0.1) is 16.6 Å². The molecular formula is C18H16F3N3O3S2. The van der Waals surface area contributed by atoms with Crippen molar-refractivity contribution in [2.24, 2.45) is 0 Å². The number of fused-ring (bicyclic) bond motifs is 1. The third-order valence-corrected chi connectivity index (χ3v) is 6.11. The number of thiazole rings is 1. The fraction of sp³-hybridized carbons (Fsp3) is 0.222. The van der Waals surface area contributed by atoms with Gasteiger partial charge in [0.15, 0.2) is 0 Å². The Bertz CT molecular complexity index is 1110. The fourth-order valence-corrected chi connectivity index (χ4v) is 4.07. The highest BCUT2D eigenvalue weighted by atomic mass is 32.2. The molecule has 0 saturated carbocycles. The molecule has 11 heteroatoms. The van der Waals surface area contributed by atoms with Crippen molar-refractivity contribution in [1.82, 2.24) is 15.0 Å². The Kier molecular flexibility index (Phi) is 6.20. The molecule has 3 aromatic rings. The number of rotatable bonds is 7. The van der Waals surface area contributed by atoms with Crippen LogP contribution in [0.15, 0.2) is 48.5 Å². The normalized spacial score (nSPS) is 12.2. The molecule has 3 rings (SSSR count). The zero-order valence-electron chi connectivity index (χ0n) is 14.9. The fourth-order valence-electron chi connectivity index (χ4n) is 2.53. The van der Waals surface area contributed by atoms with Crippen LogP contribution in [0.1, 0.15) is 5.01 Å². The summed E-state index contributed by atoms with van der Waals surface area (Å²) in [5.74, 6) is -0.460. The van der Waals surface area contributed by atoms with Crippen LogP contribution in [0.3, 0.4) is 0 Å². The van der Waals surface area contributed by atoms with Gasteiger partial charge in [-0.05, 0) is 23.3 Å². The van der Waals surface area contributed by atoms with Crippen molar-refractivity contribution in [2.75, 3.05) is 13.1 Å². The van der Waals surface area contributed by atoms with Gasteiger partial charge in [-0.3, -0.25) is 4.79 Å². The first-order chi connectivity index (χ1) is 13.7. The highest BCUT2D eigenvalue weighted by Crippen LogP contribution is 2.28. The van der Waals surface area contributed by atoms with Crippen LogP contribution >= 0.6 is 11.3 Å². The lowest BCUT2D eigenvalue weighted by molar-refractivity contribution is -0.120. The number of hydrogen-bond acceptors (Lipinski definition) is 5. The Morgan fingerprint density at radius 2 is 1.76 bits per heavy atom. The summed E-state index contributed by atoms with van der Waals surface area (Å²) in [6.45, 7) is -0.828. The summed E-state index contributed by atoms with van der Waals surface area (Å²) in [7, 11) is -5.41. The number of nitrogens with one attached hydrogen (secondary N) is 2. The van der Waals surface area contributed by atoms with Crippen molar-refractivity contribution < 1.29 is 26.4 Å². The van der Waals surface area contributed by atoms with Gasteiger partial charge in [-0.15, -0.1) is 11.3 Å². The van der Waals surface area contributed by atoms with Crippen molar-refractivity contribution in [1.29, 1.82) is 0 Å². The predicted molar refractivity (Wildman–Crippen MR) is 105 cm³/mol. The minimum absolute atomic E-state index is 0.0496. The monoisotopic (exact) mass is 443 g/mol. The molecule has 1 aromatic heterocycles. The molecule has 0 radical (unpaired) electrons. The standard InChI is InChI=1S/C18H16F3N3O3S2/c19-18(20,21)29(26,27)23-9-8-22-16(25)11-17-24-14-7-6-13(10-15(14)28-17)12-4-2-1-3-5-12/h1-7,10,23H,8-9,11H2,(H,22,25). The van der Waals surface area contributed by atoms with E-state index in [1.807, 2.05) is 48.5 Å². The molecule has 0 atom stereocenters. The number of halogens is 3. The average molecular weight is 443 g/mol. The summed E-state index contributed by atoms with van der Waals surface area (Å²) in [6, 6.07) is 15.6. The quantitative estimate of drug-likeness (QED) is 0.550. The minimum atomic E-state index is -5.41. The Labute approximate surface area is 168 Å². The molecule has 0 aliphatic rings. The highest BCUT2D eigenvalue weighted by molar-refractivity contribution is 7.90. The van der Waals surface area contributed by atoms with Crippen LogP contribution in [0.2, 0.25) is 0 Å². The number of alkyl halides is 3. The Morgan fingerprint density at radius 1 is 1.03 bits per heavy atom. The number of aromatic nitrogens is 1. The van der Waals surface area contributed by atoms with Crippen LogP contribution in [0.4, 0.5) is 13.2 Å². The lowest BCUT2D eigenvalue weighted by Crippen LogP contribution is -2.41. The Hall–Kier alpha value is -2.50. The molecule has 1 heterocycles. The molecular weight excluding hydrogens is 427 g/mol. The SMILES string of the molecule is O=C(Cc1nc2ccc(-c3ccccc3)cc2s1)NCCNS(=O)(=O)C(F)(F)F. The molecule has 0 fully saturated rings. The maximum absolute atomic E-state index is 12.2. The second-order valence-corrected chi connectivity index (χ2v) is 8.90. The van der Waals surface area contributed by atoms with Crippen LogP contribution in [-0.4, -0.2) is 37.9 Å². The first-order valence-electron chi connectivity index (χ1n) is 8.43. The molecule has 1 amide bonds. The van der Waals surface area contributed by atoms with Gasteiger partial charge in [0.2, 0.25) is 5.91 Å². The van der Waals surface area contributed by atoms with Crippen molar-refractivity contribution in [3.05, 3.63) is 53.5 Å².